The Morgan fingerprint density at radius 3 is 2.18 bits per heavy atom. The highest BCUT2D eigenvalue weighted by molar-refractivity contribution is 5.82. The molecule has 0 spiro atoms. The topological polar surface area (TPSA) is 52.7 Å². The molecule has 2 unspecified atom stereocenters. The SMILES string of the molecule is CCNC(=O)N1CCN(C(=O)C2CC2C)CC1. The van der Waals surface area contributed by atoms with Crippen molar-refractivity contribution in [3.8, 4) is 0 Å². The zero-order valence-electron chi connectivity index (χ0n) is 10.6. The van der Waals surface area contributed by atoms with Crippen LogP contribution in [-0.4, -0.2) is 54.5 Å². The Labute approximate surface area is 102 Å². The summed E-state index contributed by atoms with van der Waals surface area (Å²) in [6.07, 6.45) is 1.04. The molecule has 0 bridgehead atoms. The van der Waals surface area contributed by atoms with Gasteiger partial charge in [0.25, 0.3) is 0 Å². The van der Waals surface area contributed by atoms with Crippen molar-refractivity contribution >= 4 is 11.9 Å². The summed E-state index contributed by atoms with van der Waals surface area (Å²) in [5.74, 6) is 1.10. The lowest BCUT2D eigenvalue weighted by molar-refractivity contribution is -0.134. The Balaban J connectivity index is 1.78. The number of hydrogen-bond donors (Lipinski definition) is 1. The number of rotatable bonds is 2. The van der Waals surface area contributed by atoms with Crippen LogP contribution < -0.4 is 5.32 Å². The van der Waals surface area contributed by atoms with Crippen LogP contribution in [0.4, 0.5) is 4.79 Å². The number of piperazine rings is 1. The lowest BCUT2D eigenvalue weighted by atomic mass is 10.2. The van der Waals surface area contributed by atoms with Crippen LogP contribution in [0.1, 0.15) is 20.3 Å². The first-order valence-corrected chi connectivity index (χ1v) is 6.45. The average molecular weight is 239 g/mol. The fourth-order valence-electron chi connectivity index (χ4n) is 2.29. The first-order chi connectivity index (χ1) is 8.13. The van der Waals surface area contributed by atoms with Crippen molar-refractivity contribution in [1.82, 2.24) is 15.1 Å². The molecule has 5 nitrogen and oxygen atoms in total. The van der Waals surface area contributed by atoms with Gasteiger partial charge in [0.05, 0.1) is 0 Å². The summed E-state index contributed by atoms with van der Waals surface area (Å²) in [6, 6.07) is -0.0145. The molecule has 1 aliphatic carbocycles. The van der Waals surface area contributed by atoms with E-state index < -0.39 is 0 Å². The largest absolute Gasteiger partial charge is 0.339 e. The fraction of sp³-hybridized carbons (Fsp3) is 0.833. The molecule has 1 heterocycles. The van der Waals surface area contributed by atoms with Gasteiger partial charge >= 0.3 is 6.03 Å². The van der Waals surface area contributed by atoms with Crippen LogP contribution in [0.15, 0.2) is 0 Å². The second kappa shape index (κ2) is 4.94. The van der Waals surface area contributed by atoms with Gasteiger partial charge in [-0.15, -0.1) is 0 Å². The minimum Gasteiger partial charge on any atom is -0.339 e. The molecule has 2 aliphatic rings. The quantitative estimate of drug-likeness (QED) is 0.763. The van der Waals surface area contributed by atoms with Crippen molar-refractivity contribution in [3.05, 3.63) is 0 Å². The van der Waals surface area contributed by atoms with Crippen molar-refractivity contribution in [1.29, 1.82) is 0 Å². The Bertz CT molecular complexity index is 311. The Kier molecular flexibility index (Phi) is 3.54. The van der Waals surface area contributed by atoms with Crippen molar-refractivity contribution in [3.63, 3.8) is 0 Å². The second-order valence-corrected chi connectivity index (χ2v) is 4.97. The van der Waals surface area contributed by atoms with Gasteiger partial charge < -0.3 is 15.1 Å². The summed E-state index contributed by atoms with van der Waals surface area (Å²) in [5, 5.41) is 2.79. The molecule has 96 valence electrons. The van der Waals surface area contributed by atoms with Gasteiger partial charge in [-0.1, -0.05) is 6.92 Å². The molecule has 2 atom stereocenters. The zero-order valence-corrected chi connectivity index (χ0v) is 10.6. The molecule has 2 rings (SSSR count). The Hall–Kier alpha value is -1.26. The van der Waals surface area contributed by atoms with E-state index in [2.05, 4.69) is 12.2 Å². The van der Waals surface area contributed by atoms with E-state index >= 15 is 0 Å². The van der Waals surface area contributed by atoms with Gasteiger partial charge in [0.1, 0.15) is 0 Å². The third-order valence-corrected chi connectivity index (χ3v) is 3.63. The van der Waals surface area contributed by atoms with Crippen LogP contribution in [-0.2, 0) is 4.79 Å². The number of carbonyl (C=O) groups excluding carboxylic acids is 2. The third-order valence-electron chi connectivity index (χ3n) is 3.63. The lowest BCUT2D eigenvalue weighted by Crippen LogP contribution is -2.53. The second-order valence-electron chi connectivity index (χ2n) is 4.97. The maximum atomic E-state index is 12.0. The fourth-order valence-corrected chi connectivity index (χ4v) is 2.29. The average Bonchev–Trinajstić information content (AvgIpc) is 3.06. The van der Waals surface area contributed by atoms with Gasteiger partial charge in [0.2, 0.25) is 5.91 Å². The van der Waals surface area contributed by atoms with Crippen LogP contribution in [0, 0.1) is 11.8 Å². The van der Waals surface area contributed by atoms with Crippen molar-refractivity contribution in [2.24, 2.45) is 11.8 Å². The minimum atomic E-state index is -0.0145. The zero-order chi connectivity index (χ0) is 12.4. The molecule has 0 radical (unpaired) electrons. The van der Waals surface area contributed by atoms with Gasteiger partial charge in [-0.25, -0.2) is 4.79 Å². The molecule has 0 aromatic heterocycles. The summed E-state index contributed by atoms with van der Waals surface area (Å²) in [7, 11) is 0. The van der Waals surface area contributed by atoms with Crippen molar-refractivity contribution < 1.29 is 9.59 Å². The van der Waals surface area contributed by atoms with E-state index in [9.17, 15) is 9.59 Å². The molecule has 1 aliphatic heterocycles. The standard InChI is InChI=1S/C12H21N3O2/c1-3-13-12(17)15-6-4-14(5-7-15)11(16)10-8-9(10)2/h9-10H,3-8H2,1-2H3,(H,13,17). The van der Waals surface area contributed by atoms with E-state index in [4.69, 9.17) is 0 Å². The van der Waals surface area contributed by atoms with Gasteiger partial charge in [-0.2, -0.15) is 0 Å². The number of nitrogens with one attached hydrogen (secondary N) is 1. The summed E-state index contributed by atoms with van der Waals surface area (Å²) in [5.41, 5.74) is 0. The molecule has 3 amide bonds. The van der Waals surface area contributed by atoms with E-state index in [1.165, 1.54) is 0 Å². The summed E-state index contributed by atoms with van der Waals surface area (Å²) in [4.78, 5) is 27.3. The van der Waals surface area contributed by atoms with E-state index in [1.54, 1.807) is 4.90 Å². The lowest BCUT2D eigenvalue weighted by Gasteiger charge is -2.34. The van der Waals surface area contributed by atoms with E-state index in [-0.39, 0.29) is 17.9 Å². The third kappa shape index (κ3) is 2.70. The van der Waals surface area contributed by atoms with Crippen molar-refractivity contribution in [2.75, 3.05) is 32.7 Å². The molecule has 1 saturated carbocycles. The van der Waals surface area contributed by atoms with Gasteiger partial charge in [-0.3, -0.25) is 4.79 Å². The molecule has 1 saturated heterocycles. The predicted octanol–water partition coefficient (Wildman–Crippen LogP) is 0.516. The maximum absolute atomic E-state index is 12.0. The highest BCUT2D eigenvalue weighted by Crippen LogP contribution is 2.39. The van der Waals surface area contributed by atoms with E-state index in [0.29, 0.717) is 38.6 Å². The molecule has 2 fully saturated rings. The molecule has 1 N–H and O–H groups in total. The molecular weight excluding hydrogens is 218 g/mol. The molecular formula is C12H21N3O2. The molecule has 17 heavy (non-hydrogen) atoms. The van der Waals surface area contributed by atoms with Gasteiger partial charge in [0, 0.05) is 38.6 Å². The Morgan fingerprint density at radius 2 is 1.71 bits per heavy atom. The molecule has 0 aromatic rings. The molecule has 0 aromatic carbocycles. The van der Waals surface area contributed by atoms with Gasteiger partial charge in [-0.05, 0) is 19.3 Å². The first-order valence-electron chi connectivity index (χ1n) is 6.45. The molecule has 5 heteroatoms. The first kappa shape index (κ1) is 12.2. The highest BCUT2D eigenvalue weighted by Gasteiger charge is 2.42. The minimum absolute atomic E-state index is 0.0145. The predicted molar refractivity (Wildman–Crippen MR) is 64.5 cm³/mol. The number of carbonyl (C=O) groups is 2. The maximum Gasteiger partial charge on any atom is 0.317 e. The number of nitrogens with zero attached hydrogens (tertiary/aromatic N) is 2. The summed E-state index contributed by atoms with van der Waals surface area (Å²) in [6.45, 7) is 7.34. The monoisotopic (exact) mass is 239 g/mol. The van der Waals surface area contributed by atoms with Gasteiger partial charge in [0.15, 0.2) is 0 Å². The van der Waals surface area contributed by atoms with E-state index in [1.807, 2.05) is 11.8 Å². The van der Waals surface area contributed by atoms with Crippen molar-refractivity contribution in [2.45, 2.75) is 20.3 Å². The Morgan fingerprint density at radius 1 is 1.18 bits per heavy atom. The van der Waals surface area contributed by atoms with Crippen LogP contribution >= 0.6 is 0 Å². The number of hydrogen-bond acceptors (Lipinski definition) is 2. The highest BCUT2D eigenvalue weighted by atomic mass is 16.2. The summed E-state index contributed by atoms with van der Waals surface area (Å²) >= 11 is 0. The number of amides is 3. The van der Waals surface area contributed by atoms with E-state index in [0.717, 1.165) is 6.42 Å². The van der Waals surface area contributed by atoms with Crippen LogP contribution in [0.3, 0.4) is 0 Å². The van der Waals surface area contributed by atoms with Crippen LogP contribution in [0.5, 0.6) is 0 Å². The number of urea groups is 1. The normalized spacial score (nSPS) is 27.9. The smallest absolute Gasteiger partial charge is 0.317 e. The summed E-state index contributed by atoms with van der Waals surface area (Å²) < 4.78 is 0. The van der Waals surface area contributed by atoms with Crippen LogP contribution in [0.2, 0.25) is 0 Å². The van der Waals surface area contributed by atoms with Crippen LogP contribution in [0.25, 0.3) is 0 Å².